The summed E-state index contributed by atoms with van der Waals surface area (Å²) in [6.07, 6.45) is 0. The van der Waals surface area contributed by atoms with Crippen molar-refractivity contribution in [2.75, 3.05) is 0 Å². The summed E-state index contributed by atoms with van der Waals surface area (Å²) < 4.78 is 0. The van der Waals surface area contributed by atoms with E-state index in [2.05, 4.69) is 0 Å². The smallest absolute Gasteiger partial charge is 0.543 e. The first-order valence-corrected chi connectivity index (χ1v) is 1.07. The molecule has 0 N–H and O–H groups in total. The second-order valence-electron chi connectivity index (χ2n) is 0.575. The number of carbonyl (C=O) groups excluding carboxylic acids is 2. The third-order valence-electron chi connectivity index (χ3n) is 0.167. The van der Waals surface area contributed by atoms with Gasteiger partial charge in [0, 0.05) is 0 Å². The van der Waals surface area contributed by atoms with Crippen LogP contribution in [-0.2, 0) is 44.9 Å². The molecule has 0 aliphatic rings. The van der Waals surface area contributed by atoms with E-state index >= 15 is 0 Å². The van der Waals surface area contributed by atoms with Crippen molar-refractivity contribution >= 4 is 11.9 Å². The largest absolute Gasteiger partial charge is 5.00 e. The predicted octanol–water partition coefficient (Wildman–Crippen LogP) is -3.52. The van der Waals surface area contributed by atoms with Crippen molar-refractivity contribution in [2.45, 2.75) is 0 Å². The SMILES string of the molecule is O=C([O-])C(=O)[O-].[Co+2].[V+5]. The first-order chi connectivity index (χ1) is 2.64. The molecule has 41 valence electrons. The minimum atomic E-state index is -2.19. The average Bonchev–Trinajstić information content (AvgIpc) is 1.36. The summed E-state index contributed by atoms with van der Waals surface area (Å²) in [5.74, 6) is -4.37. The maximum Gasteiger partial charge on any atom is 5.00 e. The zero-order valence-corrected chi connectivity index (χ0v) is 5.85. The quantitative estimate of drug-likeness (QED) is 0.378. The van der Waals surface area contributed by atoms with Crippen LogP contribution in [0.25, 0.3) is 0 Å². The van der Waals surface area contributed by atoms with Crippen molar-refractivity contribution in [3.05, 3.63) is 0 Å². The summed E-state index contributed by atoms with van der Waals surface area (Å²) in [6.45, 7) is 0. The van der Waals surface area contributed by atoms with Crippen LogP contribution in [0.2, 0.25) is 0 Å². The van der Waals surface area contributed by atoms with Gasteiger partial charge in [0.2, 0.25) is 0 Å². The molecule has 0 aromatic rings. The van der Waals surface area contributed by atoms with Crippen LogP contribution in [0, 0.1) is 0 Å². The Morgan fingerprint density at radius 1 is 1.00 bits per heavy atom. The summed E-state index contributed by atoms with van der Waals surface area (Å²) in [4.78, 5) is 17.9. The fraction of sp³-hybridized carbons (Fsp3) is 0. The van der Waals surface area contributed by atoms with Gasteiger partial charge in [-0.15, -0.1) is 0 Å². The van der Waals surface area contributed by atoms with Crippen molar-refractivity contribution in [3.63, 3.8) is 0 Å². The molecule has 0 aliphatic heterocycles. The minimum Gasteiger partial charge on any atom is -0.543 e. The molecule has 0 rings (SSSR count). The van der Waals surface area contributed by atoms with E-state index in [1.54, 1.807) is 0 Å². The molecule has 0 heterocycles. The van der Waals surface area contributed by atoms with Crippen LogP contribution >= 0.6 is 0 Å². The Morgan fingerprint density at radius 2 is 1.12 bits per heavy atom. The first-order valence-electron chi connectivity index (χ1n) is 1.07. The number of rotatable bonds is 0. The average molecular weight is 198 g/mol. The van der Waals surface area contributed by atoms with Crippen LogP contribution in [0.15, 0.2) is 0 Å². The van der Waals surface area contributed by atoms with Crippen molar-refractivity contribution in [1.29, 1.82) is 0 Å². The molecular weight excluding hydrogens is 198 g/mol. The third-order valence-corrected chi connectivity index (χ3v) is 0.167. The molecule has 0 amide bonds. The van der Waals surface area contributed by atoms with Crippen molar-refractivity contribution < 1.29 is 55.1 Å². The Labute approximate surface area is 67.3 Å². The van der Waals surface area contributed by atoms with Gasteiger partial charge in [0.1, 0.15) is 0 Å². The topological polar surface area (TPSA) is 80.3 Å². The molecule has 0 unspecified atom stereocenters. The zero-order valence-electron chi connectivity index (χ0n) is 3.41. The van der Waals surface area contributed by atoms with E-state index in [4.69, 9.17) is 19.8 Å². The fourth-order valence-corrected chi connectivity index (χ4v) is 0. The van der Waals surface area contributed by atoms with E-state index < -0.39 is 11.9 Å². The molecule has 0 spiro atoms. The second-order valence-corrected chi connectivity index (χ2v) is 0.575. The van der Waals surface area contributed by atoms with Gasteiger partial charge in [0.05, 0.1) is 11.9 Å². The van der Waals surface area contributed by atoms with E-state index in [0.29, 0.717) is 0 Å². The van der Waals surface area contributed by atoms with Gasteiger partial charge < -0.3 is 19.8 Å². The van der Waals surface area contributed by atoms with Crippen molar-refractivity contribution in [3.8, 4) is 0 Å². The Kier molecular flexibility index (Phi) is 13.8. The Bertz CT molecular complexity index is 80.0. The fourth-order valence-electron chi connectivity index (χ4n) is 0. The van der Waals surface area contributed by atoms with Gasteiger partial charge in [-0.25, -0.2) is 0 Å². The van der Waals surface area contributed by atoms with Crippen molar-refractivity contribution in [2.24, 2.45) is 0 Å². The van der Waals surface area contributed by atoms with Crippen LogP contribution < -0.4 is 10.2 Å². The van der Waals surface area contributed by atoms with Crippen LogP contribution in [-0.4, -0.2) is 11.9 Å². The number of hydrogen-bond acceptors (Lipinski definition) is 4. The predicted molar refractivity (Wildman–Crippen MR) is 10.0 cm³/mol. The molecule has 0 saturated carbocycles. The molecule has 0 bridgehead atoms. The van der Waals surface area contributed by atoms with Crippen LogP contribution in [0.5, 0.6) is 0 Å². The van der Waals surface area contributed by atoms with E-state index in [0.717, 1.165) is 0 Å². The van der Waals surface area contributed by atoms with Crippen LogP contribution in [0.4, 0.5) is 0 Å². The summed E-state index contributed by atoms with van der Waals surface area (Å²) in [7, 11) is 0. The molecule has 4 nitrogen and oxygen atoms in total. The Morgan fingerprint density at radius 3 is 1.12 bits per heavy atom. The van der Waals surface area contributed by atoms with E-state index in [1.807, 2.05) is 0 Å². The molecule has 8 heavy (non-hydrogen) atoms. The van der Waals surface area contributed by atoms with Gasteiger partial charge in [0.15, 0.2) is 0 Å². The van der Waals surface area contributed by atoms with E-state index in [-0.39, 0.29) is 35.3 Å². The molecule has 0 saturated heterocycles. The Hall–Kier alpha value is 0.0309. The van der Waals surface area contributed by atoms with Crippen LogP contribution in [0.1, 0.15) is 0 Å². The maximum atomic E-state index is 8.93. The van der Waals surface area contributed by atoms with E-state index in [1.165, 1.54) is 0 Å². The molecule has 0 aromatic carbocycles. The van der Waals surface area contributed by atoms with Gasteiger partial charge in [-0.05, 0) is 0 Å². The summed E-state index contributed by atoms with van der Waals surface area (Å²) >= 11 is 0. The molecular formula is C2CoO4V+5. The number of aliphatic carboxylic acids is 2. The monoisotopic (exact) mass is 198 g/mol. The number of carboxylic acid groups (broad SMARTS) is 2. The maximum absolute atomic E-state index is 8.93. The summed E-state index contributed by atoms with van der Waals surface area (Å²) in [6, 6.07) is 0. The second kappa shape index (κ2) is 7.03. The summed E-state index contributed by atoms with van der Waals surface area (Å²) in [5, 5.41) is 17.9. The molecule has 6 heteroatoms. The van der Waals surface area contributed by atoms with Gasteiger partial charge in [-0.3, -0.25) is 0 Å². The van der Waals surface area contributed by atoms with Crippen molar-refractivity contribution in [1.82, 2.24) is 0 Å². The van der Waals surface area contributed by atoms with E-state index in [9.17, 15) is 0 Å². The normalized spacial score (nSPS) is 5.50. The number of carboxylic acids is 2. The van der Waals surface area contributed by atoms with Gasteiger partial charge in [-0.1, -0.05) is 0 Å². The molecule has 0 aliphatic carbocycles. The van der Waals surface area contributed by atoms with Crippen LogP contribution in [0.3, 0.4) is 0 Å². The first kappa shape index (κ1) is 15.7. The number of hydrogen-bond donors (Lipinski definition) is 0. The summed E-state index contributed by atoms with van der Waals surface area (Å²) in [5.41, 5.74) is 0. The standard InChI is InChI=1S/C2H2O4.Co.V/c3-1(4)2(5)6;;/h(H,3,4)(H,5,6);;/q;+2;+5/p-2. The van der Waals surface area contributed by atoms with Gasteiger partial charge in [-0.2, -0.15) is 0 Å². The molecule has 1 radical (unpaired) electrons. The molecule has 0 fully saturated rings. The number of carbonyl (C=O) groups is 2. The molecule has 0 atom stereocenters. The third kappa shape index (κ3) is 9.39. The zero-order chi connectivity index (χ0) is 5.15. The van der Waals surface area contributed by atoms with Gasteiger partial charge in [0.25, 0.3) is 0 Å². The molecule has 0 aromatic heterocycles. The minimum absolute atomic E-state index is 0. The Balaban J connectivity index is -0.000000125. The van der Waals surface area contributed by atoms with Gasteiger partial charge >= 0.3 is 35.3 Å².